The molecule has 0 aromatic rings. The average molecular weight is 714 g/mol. The molecule has 0 heterocycles. The van der Waals surface area contributed by atoms with Gasteiger partial charge in [-0.25, -0.2) is 0 Å². The maximum Gasteiger partial charge on any atom is 0.306 e. The zero-order chi connectivity index (χ0) is 36.5. The number of rotatable bonds is 34. The number of nitrogens with zero attached hydrogens (tertiary/aromatic N) is 1. The Morgan fingerprint density at radius 1 is 0.653 bits per heavy atom. The number of ether oxygens (including phenoxy) is 2. The quantitative estimate of drug-likeness (QED) is 0.0213. The van der Waals surface area contributed by atoms with Crippen molar-refractivity contribution in [1.82, 2.24) is 0 Å². The largest absolute Gasteiger partial charge is 0.756 e. The fourth-order valence-corrected chi connectivity index (χ4v) is 5.63. The van der Waals surface area contributed by atoms with Crippen LogP contribution in [0.4, 0.5) is 0 Å². The molecule has 9 nitrogen and oxygen atoms in total. The summed E-state index contributed by atoms with van der Waals surface area (Å²) >= 11 is 0. The van der Waals surface area contributed by atoms with E-state index >= 15 is 0 Å². The summed E-state index contributed by atoms with van der Waals surface area (Å²) in [5.41, 5.74) is 0. The van der Waals surface area contributed by atoms with Gasteiger partial charge in [0.1, 0.15) is 19.8 Å². The number of phosphoric ester groups is 1. The van der Waals surface area contributed by atoms with Crippen LogP contribution in [0.5, 0.6) is 0 Å². The van der Waals surface area contributed by atoms with Crippen LogP contribution in [0.1, 0.15) is 149 Å². The highest BCUT2D eigenvalue weighted by molar-refractivity contribution is 7.45. The standard InChI is InChI=1S/C39H72NO8P/c1-6-8-10-12-14-16-18-19-20-21-22-24-26-28-30-32-39(42)48-37(36-47-49(43,44)46-34-33-40(3,4)5)35-45-38(41)31-29-27-25-23-17-15-13-11-9-7-2/h8,10,14,16,19-20,37H,6-7,9,11-13,15,17-18,21-36H2,1-5H3/b10-8-,16-14-,20-19-. The second-order valence-electron chi connectivity index (χ2n) is 13.9. The molecule has 49 heavy (non-hydrogen) atoms. The summed E-state index contributed by atoms with van der Waals surface area (Å²) in [6.07, 6.45) is 33.1. The summed E-state index contributed by atoms with van der Waals surface area (Å²) in [4.78, 5) is 37.3. The lowest BCUT2D eigenvalue weighted by Gasteiger charge is -2.28. The minimum absolute atomic E-state index is 0.0343. The van der Waals surface area contributed by atoms with E-state index in [-0.39, 0.29) is 26.1 Å². The van der Waals surface area contributed by atoms with Gasteiger partial charge in [-0.15, -0.1) is 0 Å². The van der Waals surface area contributed by atoms with Crippen LogP contribution >= 0.6 is 7.82 Å². The third-order valence-corrected chi connectivity index (χ3v) is 8.89. The summed E-state index contributed by atoms with van der Waals surface area (Å²) in [7, 11) is 1.15. The van der Waals surface area contributed by atoms with Gasteiger partial charge in [-0.1, -0.05) is 127 Å². The van der Waals surface area contributed by atoms with Crippen LogP contribution in [0.3, 0.4) is 0 Å². The van der Waals surface area contributed by atoms with Gasteiger partial charge in [-0.2, -0.15) is 0 Å². The van der Waals surface area contributed by atoms with E-state index in [0.29, 0.717) is 17.4 Å². The number of allylic oxidation sites excluding steroid dienone is 6. The lowest BCUT2D eigenvalue weighted by atomic mass is 10.1. The van der Waals surface area contributed by atoms with Crippen molar-refractivity contribution in [2.75, 3.05) is 47.5 Å². The molecular weight excluding hydrogens is 641 g/mol. The number of likely N-dealkylation sites (N-methyl/N-ethyl adjacent to an activating group) is 1. The van der Waals surface area contributed by atoms with E-state index in [1.165, 1.54) is 44.9 Å². The Hall–Kier alpha value is -1.77. The Labute approximate surface area is 300 Å². The smallest absolute Gasteiger partial charge is 0.306 e. The highest BCUT2D eigenvalue weighted by atomic mass is 31.2. The minimum atomic E-state index is -4.62. The van der Waals surface area contributed by atoms with Crippen LogP contribution in [-0.2, 0) is 32.7 Å². The van der Waals surface area contributed by atoms with Crippen molar-refractivity contribution in [2.45, 2.75) is 155 Å². The Bertz CT molecular complexity index is 944. The maximum atomic E-state index is 12.6. The predicted molar refractivity (Wildman–Crippen MR) is 199 cm³/mol. The van der Waals surface area contributed by atoms with Crippen molar-refractivity contribution in [1.29, 1.82) is 0 Å². The van der Waals surface area contributed by atoms with Gasteiger partial charge >= 0.3 is 11.9 Å². The number of carbonyl (C=O) groups is 2. The fourth-order valence-electron chi connectivity index (χ4n) is 4.90. The SMILES string of the molecule is CC/C=C\C/C=C\C/C=C\CCCCCCCC(=O)OC(COC(=O)CCCCCCCCCCCC)COP(=O)([O-])OCC[N+](C)(C)C. The number of carbonyl (C=O) groups excluding carboxylic acids is 2. The van der Waals surface area contributed by atoms with Crippen molar-refractivity contribution < 1.29 is 42.1 Å². The minimum Gasteiger partial charge on any atom is -0.756 e. The average Bonchev–Trinajstić information content (AvgIpc) is 3.04. The molecule has 286 valence electrons. The molecule has 0 rings (SSSR count). The summed E-state index contributed by atoms with van der Waals surface area (Å²) in [5, 5.41) is 0. The molecule has 0 fully saturated rings. The monoisotopic (exact) mass is 713 g/mol. The Morgan fingerprint density at radius 2 is 1.16 bits per heavy atom. The fraction of sp³-hybridized carbons (Fsp3) is 0.795. The summed E-state index contributed by atoms with van der Waals surface area (Å²) in [6, 6.07) is 0. The maximum absolute atomic E-state index is 12.6. The van der Waals surface area contributed by atoms with Gasteiger partial charge in [0, 0.05) is 12.8 Å². The Morgan fingerprint density at radius 3 is 1.73 bits per heavy atom. The third-order valence-electron chi connectivity index (χ3n) is 7.92. The molecule has 2 unspecified atom stereocenters. The molecule has 0 aliphatic heterocycles. The number of quaternary nitrogens is 1. The zero-order valence-corrected chi connectivity index (χ0v) is 32.8. The number of hydrogen-bond donors (Lipinski definition) is 0. The molecule has 2 atom stereocenters. The number of hydrogen-bond acceptors (Lipinski definition) is 8. The highest BCUT2D eigenvalue weighted by Crippen LogP contribution is 2.38. The van der Waals surface area contributed by atoms with Gasteiger partial charge in [-0.3, -0.25) is 14.2 Å². The van der Waals surface area contributed by atoms with E-state index in [4.69, 9.17) is 18.5 Å². The molecule has 0 amide bonds. The van der Waals surface area contributed by atoms with Gasteiger partial charge in [0.25, 0.3) is 7.82 Å². The van der Waals surface area contributed by atoms with Crippen LogP contribution in [0.15, 0.2) is 36.5 Å². The van der Waals surface area contributed by atoms with Crippen LogP contribution in [0.25, 0.3) is 0 Å². The molecule has 0 saturated carbocycles. The second kappa shape index (κ2) is 32.2. The first-order valence-electron chi connectivity index (χ1n) is 19.2. The topological polar surface area (TPSA) is 111 Å². The summed E-state index contributed by atoms with van der Waals surface area (Å²) in [6.45, 7) is 4.06. The van der Waals surface area contributed by atoms with Crippen molar-refractivity contribution in [3.63, 3.8) is 0 Å². The molecule has 10 heteroatoms. The Balaban J connectivity index is 4.46. The van der Waals surface area contributed by atoms with Gasteiger partial charge in [-0.05, 0) is 44.9 Å². The molecule has 0 aliphatic rings. The molecular formula is C39H72NO8P. The molecule has 0 N–H and O–H groups in total. The first-order chi connectivity index (χ1) is 23.5. The normalized spacial score (nSPS) is 14.2. The molecule has 0 spiro atoms. The number of phosphoric acid groups is 1. The summed E-state index contributed by atoms with van der Waals surface area (Å²) in [5.74, 6) is -0.858. The lowest BCUT2D eigenvalue weighted by molar-refractivity contribution is -0.870. The molecule has 0 saturated heterocycles. The molecule has 0 aromatic heterocycles. The molecule has 0 bridgehead atoms. The van der Waals surface area contributed by atoms with Crippen LogP contribution in [-0.4, -0.2) is 70.0 Å². The van der Waals surface area contributed by atoms with Crippen LogP contribution < -0.4 is 4.89 Å². The lowest BCUT2D eigenvalue weighted by Crippen LogP contribution is -2.37. The molecule has 0 aliphatic carbocycles. The van der Waals surface area contributed by atoms with Gasteiger partial charge in [0.05, 0.1) is 27.7 Å². The third kappa shape index (κ3) is 35.8. The predicted octanol–water partition coefficient (Wildman–Crippen LogP) is 9.55. The van der Waals surface area contributed by atoms with Crippen LogP contribution in [0.2, 0.25) is 0 Å². The summed E-state index contributed by atoms with van der Waals surface area (Å²) < 4.78 is 33.7. The number of esters is 2. The highest BCUT2D eigenvalue weighted by Gasteiger charge is 2.21. The van der Waals surface area contributed by atoms with Gasteiger partial charge in [0.15, 0.2) is 6.10 Å². The number of unbranched alkanes of at least 4 members (excludes halogenated alkanes) is 14. The second-order valence-corrected chi connectivity index (χ2v) is 15.3. The van der Waals surface area contributed by atoms with Gasteiger partial charge < -0.3 is 27.9 Å². The molecule has 0 radical (unpaired) electrons. The van der Waals surface area contributed by atoms with Crippen molar-refractivity contribution in [2.24, 2.45) is 0 Å². The van der Waals surface area contributed by atoms with E-state index in [1.54, 1.807) is 0 Å². The Kier molecular flexibility index (Phi) is 31.0. The van der Waals surface area contributed by atoms with E-state index in [9.17, 15) is 19.0 Å². The first kappa shape index (κ1) is 47.2. The van der Waals surface area contributed by atoms with Crippen molar-refractivity contribution in [3.05, 3.63) is 36.5 Å². The van der Waals surface area contributed by atoms with Crippen LogP contribution in [0, 0.1) is 0 Å². The van der Waals surface area contributed by atoms with E-state index in [2.05, 4.69) is 50.3 Å². The van der Waals surface area contributed by atoms with E-state index in [1.807, 2.05) is 21.1 Å². The van der Waals surface area contributed by atoms with E-state index in [0.717, 1.165) is 70.6 Å². The zero-order valence-electron chi connectivity index (χ0n) is 31.9. The first-order valence-corrected chi connectivity index (χ1v) is 20.7. The van der Waals surface area contributed by atoms with Gasteiger partial charge in [0.2, 0.25) is 0 Å². The molecule has 0 aromatic carbocycles. The van der Waals surface area contributed by atoms with E-state index < -0.39 is 32.5 Å². The van der Waals surface area contributed by atoms with Crippen molar-refractivity contribution >= 4 is 19.8 Å². The van der Waals surface area contributed by atoms with Crippen molar-refractivity contribution in [3.8, 4) is 0 Å².